The Morgan fingerprint density at radius 2 is 2.09 bits per heavy atom. The van der Waals surface area contributed by atoms with Crippen LogP contribution in [0.3, 0.4) is 0 Å². The Labute approximate surface area is 135 Å². The van der Waals surface area contributed by atoms with Gasteiger partial charge in [-0.15, -0.1) is 0 Å². The monoisotopic (exact) mass is 315 g/mol. The zero-order chi connectivity index (χ0) is 16.4. The van der Waals surface area contributed by atoms with Gasteiger partial charge in [0.05, 0.1) is 6.04 Å². The van der Waals surface area contributed by atoms with Crippen molar-refractivity contribution >= 4 is 5.91 Å². The molecule has 2 aromatic rings. The number of likely N-dealkylation sites (tertiary alicyclic amines) is 1. The third-order valence-electron chi connectivity index (χ3n) is 4.69. The van der Waals surface area contributed by atoms with Gasteiger partial charge in [-0.1, -0.05) is 19.1 Å². The molecule has 0 radical (unpaired) electrons. The fourth-order valence-electron chi connectivity index (χ4n) is 3.33. The van der Waals surface area contributed by atoms with Crippen molar-refractivity contribution in [3.63, 3.8) is 0 Å². The summed E-state index contributed by atoms with van der Waals surface area (Å²) in [7, 11) is 0. The lowest BCUT2D eigenvalue weighted by Gasteiger charge is -2.35. The lowest BCUT2D eigenvalue weighted by molar-refractivity contribution is 0.0604. The summed E-state index contributed by atoms with van der Waals surface area (Å²) >= 11 is 0. The molecule has 0 bridgehead atoms. The minimum atomic E-state index is -0.252. The maximum atomic E-state index is 13.2. The number of carbonyl (C=O) groups excluding carboxylic acids is 1. The second-order valence-corrected chi connectivity index (χ2v) is 6.09. The first-order valence-corrected chi connectivity index (χ1v) is 8.22. The first-order chi connectivity index (χ1) is 11.1. The van der Waals surface area contributed by atoms with Crippen LogP contribution in [0.15, 0.2) is 24.3 Å². The Bertz CT molecular complexity index is 693. The first kappa shape index (κ1) is 15.7. The zero-order valence-electron chi connectivity index (χ0n) is 13.6. The summed E-state index contributed by atoms with van der Waals surface area (Å²) in [6.45, 7) is 4.69. The van der Waals surface area contributed by atoms with Gasteiger partial charge in [0, 0.05) is 17.8 Å². The van der Waals surface area contributed by atoms with Crippen LogP contribution in [-0.2, 0) is 6.42 Å². The Morgan fingerprint density at radius 3 is 2.74 bits per heavy atom. The normalized spacial score (nSPS) is 18.2. The molecule has 1 fully saturated rings. The highest BCUT2D eigenvalue weighted by molar-refractivity contribution is 5.94. The summed E-state index contributed by atoms with van der Waals surface area (Å²) in [5.41, 5.74) is 3.43. The van der Waals surface area contributed by atoms with Crippen LogP contribution in [0, 0.1) is 12.7 Å². The minimum absolute atomic E-state index is 0.00183. The summed E-state index contributed by atoms with van der Waals surface area (Å²) in [4.78, 5) is 14.9. The Hall–Kier alpha value is -2.17. The first-order valence-electron chi connectivity index (χ1n) is 8.22. The number of rotatable bonds is 3. The number of piperidine rings is 1. The summed E-state index contributed by atoms with van der Waals surface area (Å²) in [6, 6.07) is 6.47. The summed E-state index contributed by atoms with van der Waals surface area (Å²) in [5.74, 6) is -0.286. The van der Waals surface area contributed by atoms with Crippen LogP contribution in [-0.4, -0.2) is 27.5 Å². The molecule has 0 spiro atoms. The Kier molecular flexibility index (Phi) is 4.46. The van der Waals surface area contributed by atoms with E-state index in [4.69, 9.17) is 0 Å². The third-order valence-corrected chi connectivity index (χ3v) is 4.69. The lowest BCUT2D eigenvalue weighted by Crippen LogP contribution is -2.39. The molecule has 1 aromatic heterocycles. The van der Waals surface area contributed by atoms with E-state index >= 15 is 0 Å². The summed E-state index contributed by atoms with van der Waals surface area (Å²) in [5, 5.41) is 7.19. The number of hydrogen-bond donors (Lipinski definition) is 1. The van der Waals surface area contributed by atoms with E-state index in [2.05, 4.69) is 10.2 Å². The van der Waals surface area contributed by atoms with Gasteiger partial charge in [0.1, 0.15) is 5.82 Å². The van der Waals surface area contributed by atoms with Gasteiger partial charge < -0.3 is 4.90 Å². The molecule has 1 N–H and O–H groups in total. The number of benzene rings is 1. The minimum Gasteiger partial charge on any atom is -0.330 e. The number of hydrogen-bond acceptors (Lipinski definition) is 2. The van der Waals surface area contributed by atoms with Crippen molar-refractivity contribution in [3.05, 3.63) is 52.6 Å². The highest BCUT2D eigenvalue weighted by atomic mass is 19.1. The predicted octanol–water partition coefficient (Wildman–Crippen LogP) is 3.79. The van der Waals surface area contributed by atoms with Gasteiger partial charge >= 0.3 is 0 Å². The Morgan fingerprint density at radius 1 is 1.35 bits per heavy atom. The van der Waals surface area contributed by atoms with Gasteiger partial charge in [-0.3, -0.25) is 9.89 Å². The van der Waals surface area contributed by atoms with Crippen LogP contribution < -0.4 is 0 Å². The van der Waals surface area contributed by atoms with Crippen molar-refractivity contribution in [1.82, 2.24) is 15.1 Å². The summed E-state index contributed by atoms with van der Waals surface area (Å²) < 4.78 is 13.2. The molecular weight excluding hydrogens is 293 g/mol. The van der Waals surface area contributed by atoms with E-state index in [0.29, 0.717) is 12.2 Å². The smallest absolute Gasteiger partial charge is 0.275 e. The van der Waals surface area contributed by atoms with Crippen LogP contribution in [0.25, 0.3) is 0 Å². The SMILES string of the molecule is CCc1[nH]nc(C(=O)N2CCCC[C@H]2c2ccc(F)cc2)c1C. The standard InChI is InChI=1S/C18H22FN3O/c1-3-15-12(2)17(21-20-15)18(23)22-11-5-4-6-16(22)13-7-9-14(19)10-8-13/h7-10,16H,3-6,11H2,1-2H3,(H,20,21)/t16-/m0/s1. The van der Waals surface area contributed by atoms with Crippen molar-refractivity contribution in [2.24, 2.45) is 0 Å². The van der Waals surface area contributed by atoms with Gasteiger partial charge in [0.25, 0.3) is 5.91 Å². The van der Waals surface area contributed by atoms with Crippen molar-refractivity contribution in [2.75, 3.05) is 6.54 Å². The van der Waals surface area contributed by atoms with E-state index in [1.165, 1.54) is 12.1 Å². The van der Waals surface area contributed by atoms with Crippen LogP contribution >= 0.6 is 0 Å². The highest BCUT2D eigenvalue weighted by Gasteiger charge is 2.31. The number of aromatic nitrogens is 2. The molecule has 0 unspecified atom stereocenters. The number of carbonyl (C=O) groups is 1. The number of H-pyrrole nitrogens is 1. The highest BCUT2D eigenvalue weighted by Crippen LogP contribution is 2.32. The summed E-state index contributed by atoms with van der Waals surface area (Å²) in [6.07, 6.45) is 3.80. The van der Waals surface area contributed by atoms with Gasteiger partial charge in [-0.05, 0) is 50.3 Å². The Balaban J connectivity index is 1.90. The van der Waals surface area contributed by atoms with E-state index in [9.17, 15) is 9.18 Å². The molecule has 1 atom stereocenters. The molecule has 1 aliphatic rings. The molecule has 5 heteroatoms. The average molecular weight is 315 g/mol. The zero-order valence-corrected chi connectivity index (χ0v) is 13.6. The van der Waals surface area contributed by atoms with Gasteiger partial charge in [-0.25, -0.2) is 4.39 Å². The molecule has 122 valence electrons. The molecule has 2 heterocycles. The molecule has 0 saturated carbocycles. The molecule has 1 aromatic carbocycles. The van der Waals surface area contributed by atoms with Crippen molar-refractivity contribution in [3.8, 4) is 0 Å². The largest absolute Gasteiger partial charge is 0.330 e. The molecule has 1 amide bonds. The maximum Gasteiger partial charge on any atom is 0.275 e. The van der Waals surface area contributed by atoms with Crippen LogP contribution in [0.5, 0.6) is 0 Å². The number of nitrogens with one attached hydrogen (secondary N) is 1. The van der Waals surface area contributed by atoms with E-state index in [0.717, 1.165) is 42.5 Å². The van der Waals surface area contributed by atoms with Crippen molar-refractivity contribution in [2.45, 2.75) is 45.6 Å². The predicted molar refractivity (Wildman–Crippen MR) is 86.7 cm³/mol. The number of nitrogens with zero attached hydrogens (tertiary/aromatic N) is 2. The average Bonchev–Trinajstić information content (AvgIpc) is 2.95. The maximum absolute atomic E-state index is 13.2. The number of amides is 1. The molecule has 3 rings (SSSR count). The van der Waals surface area contributed by atoms with E-state index in [1.54, 1.807) is 12.1 Å². The molecule has 4 nitrogen and oxygen atoms in total. The second-order valence-electron chi connectivity index (χ2n) is 6.09. The van der Waals surface area contributed by atoms with Gasteiger partial charge in [-0.2, -0.15) is 5.10 Å². The molecular formula is C18H22FN3O. The van der Waals surface area contributed by atoms with E-state index < -0.39 is 0 Å². The van der Waals surface area contributed by atoms with Gasteiger partial charge in [0.15, 0.2) is 5.69 Å². The fourth-order valence-corrected chi connectivity index (χ4v) is 3.33. The number of halogens is 1. The second kappa shape index (κ2) is 6.52. The fraction of sp³-hybridized carbons (Fsp3) is 0.444. The molecule has 0 aliphatic carbocycles. The van der Waals surface area contributed by atoms with E-state index in [-0.39, 0.29) is 17.8 Å². The van der Waals surface area contributed by atoms with Gasteiger partial charge in [0.2, 0.25) is 0 Å². The number of aromatic amines is 1. The molecule has 23 heavy (non-hydrogen) atoms. The quantitative estimate of drug-likeness (QED) is 0.937. The van der Waals surface area contributed by atoms with E-state index in [1.807, 2.05) is 18.7 Å². The topological polar surface area (TPSA) is 49.0 Å². The van der Waals surface area contributed by atoms with Crippen molar-refractivity contribution < 1.29 is 9.18 Å². The molecule has 1 aliphatic heterocycles. The molecule has 1 saturated heterocycles. The lowest BCUT2D eigenvalue weighted by atomic mass is 9.94. The number of aryl methyl sites for hydroxylation is 1. The van der Waals surface area contributed by atoms with Crippen LogP contribution in [0.1, 0.15) is 59.5 Å². The third kappa shape index (κ3) is 3.00. The van der Waals surface area contributed by atoms with Crippen molar-refractivity contribution in [1.29, 1.82) is 0 Å². The van der Waals surface area contributed by atoms with Crippen LogP contribution in [0.2, 0.25) is 0 Å². The van der Waals surface area contributed by atoms with Crippen LogP contribution in [0.4, 0.5) is 4.39 Å².